The van der Waals surface area contributed by atoms with Crippen molar-refractivity contribution in [2.75, 3.05) is 0 Å². The largest absolute Gasteiger partial charge is 0.481 e. The van der Waals surface area contributed by atoms with E-state index < -0.39 is 5.97 Å². The van der Waals surface area contributed by atoms with Gasteiger partial charge in [0.15, 0.2) is 0 Å². The second-order valence-electron chi connectivity index (χ2n) is 3.08. The summed E-state index contributed by atoms with van der Waals surface area (Å²) in [6.07, 6.45) is 3.94. The van der Waals surface area contributed by atoms with Crippen molar-refractivity contribution in [2.45, 2.75) is 19.3 Å². The fourth-order valence-corrected chi connectivity index (χ4v) is 1.16. The molecule has 1 heterocycles. The van der Waals surface area contributed by atoms with Gasteiger partial charge in [-0.25, -0.2) is 4.98 Å². The number of carbonyl (C=O) groups is 1. The van der Waals surface area contributed by atoms with E-state index in [4.69, 9.17) is 5.11 Å². The molecule has 0 atom stereocenters. The molecule has 0 aliphatic carbocycles. The number of aromatic nitrogens is 2. The van der Waals surface area contributed by atoms with Crippen LogP contribution in [0.4, 0.5) is 0 Å². The average Bonchev–Trinajstić information content (AvgIpc) is 2.12. The minimum absolute atomic E-state index is 0.0814. The van der Waals surface area contributed by atoms with Gasteiger partial charge in [-0.15, -0.1) is 0 Å². The smallest absolute Gasteiger partial charge is 0.303 e. The van der Waals surface area contributed by atoms with Crippen LogP contribution < -0.4 is 5.56 Å². The van der Waals surface area contributed by atoms with Gasteiger partial charge >= 0.3 is 5.97 Å². The summed E-state index contributed by atoms with van der Waals surface area (Å²) in [6, 6.07) is 0. The predicted octanol–water partition coefficient (Wildman–Crippen LogP) is 0.188. The Morgan fingerprint density at radius 1 is 1.64 bits per heavy atom. The SMILES string of the molecule is Cn1cncc(CCCC(=O)O)c1=O. The fraction of sp³-hybridized carbons (Fsp3) is 0.444. The number of rotatable bonds is 4. The van der Waals surface area contributed by atoms with Crippen LogP contribution in [0.3, 0.4) is 0 Å². The summed E-state index contributed by atoms with van der Waals surface area (Å²) < 4.78 is 1.39. The molecule has 1 aromatic heterocycles. The first kappa shape index (κ1) is 10.4. The number of aryl methyl sites for hydroxylation is 2. The summed E-state index contributed by atoms with van der Waals surface area (Å²) in [6.45, 7) is 0. The van der Waals surface area contributed by atoms with E-state index >= 15 is 0 Å². The van der Waals surface area contributed by atoms with Crippen molar-refractivity contribution in [2.24, 2.45) is 7.05 Å². The zero-order valence-corrected chi connectivity index (χ0v) is 7.93. The Morgan fingerprint density at radius 2 is 2.36 bits per heavy atom. The quantitative estimate of drug-likeness (QED) is 0.746. The van der Waals surface area contributed by atoms with Crippen molar-refractivity contribution in [3.63, 3.8) is 0 Å². The van der Waals surface area contributed by atoms with Gasteiger partial charge in [-0.05, 0) is 12.8 Å². The Labute approximate surface area is 81.0 Å². The molecule has 0 saturated carbocycles. The Hall–Kier alpha value is -1.65. The van der Waals surface area contributed by atoms with Crippen molar-refractivity contribution in [3.05, 3.63) is 28.4 Å². The van der Waals surface area contributed by atoms with Gasteiger partial charge in [-0.1, -0.05) is 0 Å². The van der Waals surface area contributed by atoms with Crippen molar-refractivity contribution >= 4 is 5.97 Å². The summed E-state index contributed by atoms with van der Waals surface area (Å²) in [5.41, 5.74) is 0.460. The standard InChI is InChI=1S/C9H12N2O3/c1-11-6-10-5-7(9(11)14)3-2-4-8(12)13/h5-6H,2-4H2,1H3,(H,12,13). The number of nitrogens with zero attached hydrogens (tertiary/aromatic N) is 2. The second kappa shape index (κ2) is 4.55. The number of hydrogen-bond donors (Lipinski definition) is 1. The third kappa shape index (κ3) is 2.69. The van der Waals surface area contributed by atoms with E-state index in [-0.39, 0.29) is 12.0 Å². The molecule has 0 spiro atoms. The minimum atomic E-state index is -0.842. The van der Waals surface area contributed by atoms with Gasteiger partial charge in [0.2, 0.25) is 0 Å². The molecule has 76 valence electrons. The zero-order valence-electron chi connectivity index (χ0n) is 7.93. The van der Waals surface area contributed by atoms with Gasteiger partial charge in [-0.3, -0.25) is 9.59 Å². The van der Waals surface area contributed by atoms with E-state index in [1.807, 2.05) is 0 Å². The van der Waals surface area contributed by atoms with Crippen LogP contribution in [-0.2, 0) is 18.3 Å². The Kier molecular flexibility index (Phi) is 3.39. The average molecular weight is 196 g/mol. The Balaban J connectivity index is 2.64. The van der Waals surface area contributed by atoms with E-state index in [0.717, 1.165) is 0 Å². The molecule has 0 radical (unpaired) electrons. The molecule has 0 aliphatic heterocycles. The molecule has 0 aliphatic rings. The highest BCUT2D eigenvalue weighted by atomic mass is 16.4. The van der Waals surface area contributed by atoms with Gasteiger partial charge in [0.25, 0.3) is 5.56 Å². The van der Waals surface area contributed by atoms with E-state index in [1.165, 1.54) is 17.1 Å². The van der Waals surface area contributed by atoms with Crippen LogP contribution >= 0.6 is 0 Å². The van der Waals surface area contributed by atoms with Crippen LogP contribution in [-0.4, -0.2) is 20.6 Å². The Morgan fingerprint density at radius 3 is 3.00 bits per heavy atom. The van der Waals surface area contributed by atoms with Gasteiger partial charge in [0, 0.05) is 25.2 Å². The van der Waals surface area contributed by atoms with Crippen molar-refractivity contribution < 1.29 is 9.90 Å². The van der Waals surface area contributed by atoms with Crippen molar-refractivity contribution in [1.82, 2.24) is 9.55 Å². The van der Waals surface area contributed by atoms with E-state index in [9.17, 15) is 9.59 Å². The molecule has 1 N–H and O–H groups in total. The lowest BCUT2D eigenvalue weighted by Gasteiger charge is -2.00. The fourth-order valence-electron chi connectivity index (χ4n) is 1.16. The normalized spacial score (nSPS) is 10.1. The maximum absolute atomic E-state index is 11.4. The Bertz CT molecular complexity index is 384. The van der Waals surface area contributed by atoms with Crippen molar-refractivity contribution in [3.8, 4) is 0 Å². The molecular formula is C9H12N2O3. The van der Waals surface area contributed by atoms with Crippen LogP contribution in [0.15, 0.2) is 17.3 Å². The molecule has 1 rings (SSSR count). The van der Waals surface area contributed by atoms with Crippen LogP contribution in [0.5, 0.6) is 0 Å². The first-order valence-corrected chi connectivity index (χ1v) is 4.32. The highest BCUT2D eigenvalue weighted by Crippen LogP contribution is 1.98. The van der Waals surface area contributed by atoms with Crippen LogP contribution in [0.25, 0.3) is 0 Å². The van der Waals surface area contributed by atoms with E-state index in [2.05, 4.69) is 4.98 Å². The molecule has 0 fully saturated rings. The van der Waals surface area contributed by atoms with Crippen LogP contribution in [0.2, 0.25) is 0 Å². The van der Waals surface area contributed by atoms with Gasteiger partial charge in [0.1, 0.15) is 0 Å². The highest BCUT2D eigenvalue weighted by molar-refractivity contribution is 5.66. The lowest BCUT2D eigenvalue weighted by molar-refractivity contribution is -0.137. The molecule has 5 nitrogen and oxygen atoms in total. The molecule has 0 saturated heterocycles. The summed E-state index contributed by atoms with van der Waals surface area (Å²) >= 11 is 0. The first-order valence-electron chi connectivity index (χ1n) is 4.32. The number of carboxylic acid groups (broad SMARTS) is 1. The summed E-state index contributed by atoms with van der Waals surface area (Å²) in [5, 5.41) is 8.42. The maximum Gasteiger partial charge on any atom is 0.303 e. The minimum Gasteiger partial charge on any atom is -0.481 e. The topological polar surface area (TPSA) is 72.2 Å². The molecule has 5 heteroatoms. The molecular weight excluding hydrogens is 184 g/mol. The maximum atomic E-state index is 11.4. The third-order valence-electron chi connectivity index (χ3n) is 1.90. The molecule has 0 unspecified atom stereocenters. The van der Waals surface area contributed by atoms with E-state index in [0.29, 0.717) is 18.4 Å². The molecule has 0 amide bonds. The molecule has 0 bridgehead atoms. The number of hydrogen-bond acceptors (Lipinski definition) is 3. The molecule has 1 aromatic rings. The molecule has 0 aromatic carbocycles. The van der Waals surface area contributed by atoms with Crippen LogP contribution in [0, 0.1) is 0 Å². The molecule has 14 heavy (non-hydrogen) atoms. The second-order valence-corrected chi connectivity index (χ2v) is 3.08. The zero-order chi connectivity index (χ0) is 10.6. The highest BCUT2D eigenvalue weighted by Gasteiger charge is 2.03. The first-order chi connectivity index (χ1) is 6.61. The number of aliphatic carboxylic acids is 1. The monoisotopic (exact) mass is 196 g/mol. The van der Waals surface area contributed by atoms with Crippen molar-refractivity contribution in [1.29, 1.82) is 0 Å². The van der Waals surface area contributed by atoms with Crippen LogP contribution in [0.1, 0.15) is 18.4 Å². The summed E-state index contributed by atoms with van der Waals surface area (Å²) in [7, 11) is 1.62. The number of carboxylic acids is 1. The summed E-state index contributed by atoms with van der Waals surface area (Å²) in [4.78, 5) is 25.5. The van der Waals surface area contributed by atoms with E-state index in [1.54, 1.807) is 7.05 Å². The lowest BCUT2D eigenvalue weighted by Crippen LogP contribution is -2.21. The third-order valence-corrected chi connectivity index (χ3v) is 1.90. The van der Waals surface area contributed by atoms with Gasteiger partial charge in [-0.2, -0.15) is 0 Å². The summed E-state index contributed by atoms with van der Waals surface area (Å²) in [5.74, 6) is -0.842. The lowest BCUT2D eigenvalue weighted by atomic mass is 10.1. The van der Waals surface area contributed by atoms with Gasteiger partial charge < -0.3 is 9.67 Å². The van der Waals surface area contributed by atoms with Gasteiger partial charge in [0.05, 0.1) is 6.33 Å². The predicted molar refractivity (Wildman–Crippen MR) is 50.1 cm³/mol.